The average Bonchev–Trinajstić information content (AvgIpc) is 3.03. The molecule has 3 saturated carbocycles. The largest absolute Gasteiger partial charge is 0.393 e. The predicted octanol–water partition coefficient (Wildman–Crippen LogP) is 7.63. The maximum Gasteiger partial charge on any atom is 0.0577 e. The second-order valence-corrected chi connectivity index (χ2v) is 12.7. The van der Waals surface area contributed by atoms with Crippen molar-refractivity contribution in [1.82, 2.24) is 0 Å². The Hall–Kier alpha value is -0.300. The van der Waals surface area contributed by atoms with Crippen molar-refractivity contribution in [2.75, 3.05) is 0 Å². The molecule has 1 N–H and O–H groups in total. The van der Waals surface area contributed by atoms with Crippen LogP contribution in [0, 0.1) is 52.3 Å². The number of rotatable bonds is 5. The van der Waals surface area contributed by atoms with Gasteiger partial charge in [-0.15, -0.1) is 0 Å². The molecule has 4 rings (SSSR count). The highest BCUT2D eigenvalue weighted by atomic mass is 16.3. The molecule has 0 aromatic carbocycles. The Morgan fingerprint density at radius 3 is 2.45 bits per heavy atom. The van der Waals surface area contributed by atoms with Crippen LogP contribution in [0.1, 0.15) is 106 Å². The summed E-state index contributed by atoms with van der Waals surface area (Å²) in [4.78, 5) is 0. The topological polar surface area (TPSA) is 20.2 Å². The summed E-state index contributed by atoms with van der Waals surface area (Å²) in [5, 5.41) is 10.2. The van der Waals surface area contributed by atoms with Gasteiger partial charge in [0.15, 0.2) is 0 Å². The van der Waals surface area contributed by atoms with Crippen LogP contribution in [0.3, 0.4) is 0 Å². The minimum Gasteiger partial charge on any atom is -0.393 e. The maximum atomic E-state index is 10.2. The smallest absolute Gasteiger partial charge is 0.0577 e. The Bertz CT molecular complexity index is 620. The van der Waals surface area contributed by atoms with Crippen LogP contribution in [-0.4, -0.2) is 11.2 Å². The highest BCUT2D eigenvalue weighted by Crippen LogP contribution is 2.67. The first-order valence-corrected chi connectivity index (χ1v) is 13.0. The second-order valence-electron chi connectivity index (χ2n) is 12.7. The summed E-state index contributed by atoms with van der Waals surface area (Å²) in [7, 11) is 0. The number of allylic oxidation sites excluding steroid dienone is 1. The molecule has 1 heteroatoms. The molecule has 1 nitrogen and oxygen atoms in total. The highest BCUT2D eigenvalue weighted by Gasteiger charge is 2.59. The van der Waals surface area contributed by atoms with Crippen molar-refractivity contribution in [3.8, 4) is 0 Å². The normalized spacial score (nSPS) is 46.5. The summed E-state index contributed by atoms with van der Waals surface area (Å²) in [5.41, 5.74) is 2.59. The lowest BCUT2D eigenvalue weighted by Gasteiger charge is -2.58. The zero-order valence-corrected chi connectivity index (χ0v) is 20.2. The van der Waals surface area contributed by atoms with E-state index in [0.717, 1.165) is 54.3 Å². The Morgan fingerprint density at radius 2 is 1.72 bits per heavy atom. The molecule has 0 bridgehead atoms. The molecule has 0 aromatic heterocycles. The monoisotopic (exact) mass is 400 g/mol. The van der Waals surface area contributed by atoms with Crippen molar-refractivity contribution in [3.63, 3.8) is 0 Å². The number of hydrogen-bond donors (Lipinski definition) is 1. The fraction of sp³-hybridized carbons (Fsp3) is 0.929. The lowest BCUT2D eigenvalue weighted by molar-refractivity contribution is -0.0574. The van der Waals surface area contributed by atoms with Gasteiger partial charge in [0.1, 0.15) is 0 Å². The number of hydrogen-bond acceptors (Lipinski definition) is 1. The Morgan fingerprint density at radius 1 is 0.966 bits per heavy atom. The molecule has 0 aliphatic heterocycles. The van der Waals surface area contributed by atoms with Gasteiger partial charge in [-0.25, -0.2) is 0 Å². The number of fused-ring (bicyclic) bond motifs is 5. The van der Waals surface area contributed by atoms with Crippen molar-refractivity contribution >= 4 is 0 Å². The quantitative estimate of drug-likeness (QED) is 0.470. The van der Waals surface area contributed by atoms with Crippen LogP contribution >= 0.6 is 0 Å². The van der Waals surface area contributed by atoms with Crippen LogP contribution in [0.4, 0.5) is 0 Å². The summed E-state index contributed by atoms with van der Waals surface area (Å²) in [6.07, 6.45) is 15.7. The summed E-state index contributed by atoms with van der Waals surface area (Å²) in [6, 6.07) is 0. The lowest BCUT2D eigenvalue weighted by atomic mass is 9.47. The van der Waals surface area contributed by atoms with E-state index in [1.165, 1.54) is 51.4 Å². The summed E-state index contributed by atoms with van der Waals surface area (Å²) >= 11 is 0. The molecule has 0 unspecified atom stereocenters. The number of aliphatic hydroxyl groups excluding tert-OH is 1. The van der Waals surface area contributed by atoms with Crippen molar-refractivity contribution in [1.29, 1.82) is 0 Å². The van der Waals surface area contributed by atoms with E-state index in [1.807, 2.05) is 0 Å². The van der Waals surface area contributed by atoms with Crippen molar-refractivity contribution in [2.45, 2.75) is 112 Å². The minimum absolute atomic E-state index is 0.0790. The van der Waals surface area contributed by atoms with Gasteiger partial charge >= 0.3 is 0 Å². The molecular weight excluding hydrogens is 352 g/mol. The van der Waals surface area contributed by atoms with Gasteiger partial charge in [-0.1, -0.05) is 66.0 Å². The van der Waals surface area contributed by atoms with Crippen molar-refractivity contribution in [2.24, 2.45) is 52.3 Å². The third-order valence-corrected chi connectivity index (χ3v) is 11.1. The summed E-state index contributed by atoms with van der Waals surface area (Å²) in [5.74, 6) is 6.24. The molecule has 0 radical (unpaired) electrons. The summed E-state index contributed by atoms with van der Waals surface area (Å²) in [6.45, 7) is 15.1. The van der Waals surface area contributed by atoms with E-state index in [4.69, 9.17) is 0 Å². The van der Waals surface area contributed by atoms with Gasteiger partial charge in [-0.05, 0) is 104 Å². The van der Waals surface area contributed by atoms with Crippen LogP contribution < -0.4 is 0 Å². The first-order chi connectivity index (χ1) is 13.7. The average molecular weight is 401 g/mol. The molecule has 4 aliphatic rings. The summed E-state index contributed by atoms with van der Waals surface area (Å²) < 4.78 is 0. The van der Waals surface area contributed by atoms with Crippen LogP contribution in [0.15, 0.2) is 11.6 Å². The van der Waals surface area contributed by atoms with Gasteiger partial charge in [0.2, 0.25) is 0 Å². The van der Waals surface area contributed by atoms with Gasteiger partial charge in [-0.2, -0.15) is 0 Å². The molecule has 29 heavy (non-hydrogen) atoms. The van der Waals surface area contributed by atoms with E-state index in [0.29, 0.717) is 10.8 Å². The second kappa shape index (κ2) is 7.99. The van der Waals surface area contributed by atoms with E-state index < -0.39 is 0 Å². The van der Waals surface area contributed by atoms with E-state index in [-0.39, 0.29) is 6.10 Å². The standard InChI is InChI=1S/C28H48O/c1-18(2)19(3)7-8-20(4)24-11-12-25-23-10-9-21-17-22(29)13-15-27(21,5)26(23)14-16-28(24,25)6/h9,18-20,22-26,29H,7-8,10-17H2,1-6H3/t19-,20+,22-,23+,24+,25+,26-,27-,28+/m0/s1. The lowest BCUT2D eigenvalue weighted by Crippen LogP contribution is -2.50. The molecular formula is C28H48O. The molecule has 0 saturated heterocycles. The maximum absolute atomic E-state index is 10.2. The zero-order valence-electron chi connectivity index (χ0n) is 20.2. The molecule has 0 aromatic rings. The van der Waals surface area contributed by atoms with Crippen LogP contribution in [0.5, 0.6) is 0 Å². The third kappa shape index (κ3) is 3.66. The molecule has 166 valence electrons. The van der Waals surface area contributed by atoms with Crippen LogP contribution in [0.2, 0.25) is 0 Å². The minimum atomic E-state index is -0.0790. The fourth-order valence-corrected chi connectivity index (χ4v) is 8.68. The SMILES string of the molecule is CC(C)[C@@H](C)CC[C@@H](C)[C@H]1CC[C@@H]2[C@H]3CC=C4C[C@@H](O)CC[C@]4(C)[C@H]3CC[C@@]21C. The van der Waals surface area contributed by atoms with Crippen molar-refractivity contribution in [3.05, 3.63) is 11.6 Å². The molecule has 0 amide bonds. The first kappa shape index (κ1) is 21.9. The van der Waals surface area contributed by atoms with Gasteiger partial charge in [0.25, 0.3) is 0 Å². The number of aliphatic hydroxyl groups is 1. The van der Waals surface area contributed by atoms with Gasteiger partial charge in [0.05, 0.1) is 6.10 Å². The fourth-order valence-electron chi connectivity index (χ4n) is 8.68. The van der Waals surface area contributed by atoms with Gasteiger partial charge in [0, 0.05) is 0 Å². The molecule has 3 fully saturated rings. The Kier molecular flexibility index (Phi) is 6.04. The van der Waals surface area contributed by atoms with Crippen LogP contribution in [-0.2, 0) is 0 Å². The van der Waals surface area contributed by atoms with E-state index >= 15 is 0 Å². The molecule has 4 aliphatic carbocycles. The van der Waals surface area contributed by atoms with E-state index in [1.54, 1.807) is 5.57 Å². The first-order valence-electron chi connectivity index (χ1n) is 13.0. The molecule has 9 atom stereocenters. The van der Waals surface area contributed by atoms with Gasteiger partial charge in [-0.3, -0.25) is 0 Å². The van der Waals surface area contributed by atoms with Gasteiger partial charge < -0.3 is 5.11 Å². The third-order valence-electron chi connectivity index (χ3n) is 11.1. The van der Waals surface area contributed by atoms with Crippen molar-refractivity contribution < 1.29 is 5.11 Å². The van der Waals surface area contributed by atoms with E-state index in [2.05, 4.69) is 47.6 Å². The highest BCUT2D eigenvalue weighted by molar-refractivity contribution is 5.25. The predicted molar refractivity (Wildman–Crippen MR) is 124 cm³/mol. The molecule has 0 heterocycles. The molecule has 0 spiro atoms. The Labute approximate surface area is 181 Å². The van der Waals surface area contributed by atoms with E-state index in [9.17, 15) is 5.11 Å². The zero-order chi connectivity index (χ0) is 21.0. The Balaban J connectivity index is 1.49. The van der Waals surface area contributed by atoms with Crippen LogP contribution in [0.25, 0.3) is 0 Å².